The van der Waals surface area contributed by atoms with E-state index < -0.39 is 10.0 Å². The van der Waals surface area contributed by atoms with Gasteiger partial charge in [0.25, 0.3) is 10.0 Å². The molecule has 0 spiro atoms. The largest absolute Gasteiger partial charge is 0.360 e. The molecule has 0 atom stereocenters. The average molecular weight is 358 g/mol. The minimum atomic E-state index is -3.80. The van der Waals surface area contributed by atoms with Crippen molar-refractivity contribution in [3.05, 3.63) is 60.1 Å². The number of aromatic nitrogens is 2. The Morgan fingerprint density at radius 3 is 2.32 bits per heavy atom. The standard InChI is InChI=1S/C17H18N4O3S/c1-12-17(13(2)24-19-12)25(22,23)20-16-10-9-15(11-18-16)21(3)14-7-5-4-6-8-14/h4-11H,1-3H3,(H,18,20). The van der Waals surface area contributed by atoms with Gasteiger partial charge in [0.15, 0.2) is 10.7 Å². The molecular weight excluding hydrogens is 340 g/mol. The van der Waals surface area contributed by atoms with Crippen LogP contribution in [-0.4, -0.2) is 25.6 Å². The summed E-state index contributed by atoms with van der Waals surface area (Å²) < 4.78 is 32.3. The molecular formula is C17H18N4O3S. The van der Waals surface area contributed by atoms with Crippen molar-refractivity contribution >= 4 is 27.2 Å². The lowest BCUT2D eigenvalue weighted by atomic mass is 10.3. The summed E-state index contributed by atoms with van der Waals surface area (Å²) in [6.45, 7) is 3.14. The molecule has 0 aliphatic heterocycles. The molecule has 0 saturated heterocycles. The van der Waals surface area contributed by atoms with Crippen molar-refractivity contribution in [1.29, 1.82) is 0 Å². The molecule has 0 radical (unpaired) electrons. The molecule has 7 nitrogen and oxygen atoms in total. The highest BCUT2D eigenvalue weighted by Gasteiger charge is 2.24. The Kier molecular flexibility index (Phi) is 4.45. The van der Waals surface area contributed by atoms with Crippen molar-refractivity contribution < 1.29 is 12.9 Å². The van der Waals surface area contributed by atoms with E-state index in [2.05, 4.69) is 14.9 Å². The van der Waals surface area contributed by atoms with Crippen molar-refractivity contribution in [2.24, 2.45) is 0 Å². The summed E-state index contributed by atoms with van der Waals surface area (Å²) >= 11 is 0. The van der Waals surface area contributed by atoms with Gasteiger partial charge in [-0.1, -0.05) is 23.4 Å². The van der Waals surface area contributed by atoms with E-state index in [9.17, 15) is 8.42 Å². The van der Waals surface area contributed by atoms with Crippen LogP contribution >= 0.6 is 0 Å². The average Bonchev–Trinajstić information content (AvgIpc) is 2.95. The molecule has 0 amide bonds. The lowest BCUT2D eigenvalue weighted by Crippen LogP contribution is -2.16. The van der Waals surface area contributed by atoms with Crippen LogP contribution in [0.2, 0.25) is 0 Å². The lowest BCUT2D eigenvalue weighted by molar-refractivity contribution is 0.390. The predicted molar refractivity (Wildman–Crippen MR) is 95.5 cm³/mol. The van der Waals surface area contributed by atoms with E-state index in [1.54, 1.807) is 32.2 Å². The second kappa shape index (κ2) is 6.56. The van der Waals surface area contributed by atoms with E-state index in [0.717, 1.165) is 11.4 Å². The summed E-state index contributed by atoms with van der Waals surface area (Å²) in [5, 5.41) is 3.67. The normalized spacial score (nSPS) is 11.3. The van der Waals surface area contributed by atoms with Gasteiger partial charge < -0.3 is 9.42 Å². The van der Waals surface area contributed by atoms with E-state index in [1.807, 2.05) is 42.3 Å². The Balaban J connectivity index is 1.81. The third-order valence-electron chi connectivity index (χ3n) is 3.75. The van der Waals surface area contributed by atoms with Crippen molar-refractivity contribution in [3.8, 4) is 0 Å². The summed E-state index contributed by atoms with van der Waals surface area (Å²) in [6, 6.07) is 13.2. The maximum absolute atomic E-state index is 12.5. The first-order valence-electron chi connectivity index (χ1n) is 7.59. The molecule has 1 N–H and O–H groups in total. The first-order chi connectivity index (χ1) is 11.9. The van der Waals surface area contributed by atoms with E-state index in [0.29, 0.717) is 5.69 Å². The maximum atomic E-state index is 12.5. The number of nitrogens with zero attached hydrogens (tertiary/aromatic N) is 3. The molecule has 2 aromatic heterocycles. The highest BCUT2D eigenvalue weighted by atomic mass is 32.2. The van der Waals surface area contributed by atoms with Crippen LogP contribution < -0.4 is 9.62 Å². The molecule has 1 aromatic carbocycles. The topological polar surface area (TPSA) is 88.3 Å². The highest BCUT2D eigenvalue weighted by molar-refractivity contribution is 7.92. The number of anilines is 3. The van der Waals surface area contributed by atoms with Gasteiger partial charge in [-0.05, 0) is 38.1 Å². The Morgan fingerprint density at radius 1 is 1.04 bits per heavy atom. The summed E-state index contributed by atoms with van der Waals surface area (Å²) in [5.74, 6) is 0.468. The van der Waals surface area contributed by atoms with Crippen LogP contribution in [0, 0.1) is 13.8 Å². The zero-order chi connectivity index (χ0) is 18.0. The number of pyridine rings is 1. The molecule has 130 valence electrons. The molecule has 0 aliphatic rings. The molecule has 3 aromatic rings. The van der Waals surface area contributed by atoms with Crippen molar-refractivity contribution in [2.75, 3.05) is 16.7 Å². The Hall–Kier alpha value is -2.87. The van der Waals surface area contributed by atoms with Gasteiger partial charge in [0.05, 0.1) is 11.9 Å². The second-order valence-electron chi connectivity index (χ2n) is 5.55. The Bertz CT molecular complexity index is 947. The number of hydrogen-bond donors (Lipinski definition) is 1. The van der Waals surface area contributed by atoms with Gasteiger partial charge >= 0.3 is 0 Å². The van der Waals surface area contributed by atoms with Crippen LogP contribution in [0.5, 0.6) is 0 Å². The van der Waals surface area contributed by atoms with Crippen LogP contribution in [-0.2, 0) is 10.0 Å². The zero-order valence-electron chi connectivity index (χ0n) is 14.1. The first kappa shape index (κ1) is 17.0. The SMILES string of the molecule is Cc1noc(C)c1S(=O)(=O)Nc1ccc(N(C)c2ccccc2)cn1. The fraction of sp³-hybridized carbons (Fsp3) is 0.176. The zero-order valence-corrected chi connectivity index (χ0v) is 14.9. The van der Waals surface area contributed by atoms with Crippen LogP contribution in [0.4, 0.5) is 17.2 Å². The third kappa shape index (κ3) is 3.48. The van der Waals surface area contributed by atoms with Crippen molar-refractivity contribution in [3.63, 3.8) is 0 Å². The molecule has 0 unspecified atom stereocenters. The maximum Gasteiger partial charge on any atom is 0.268 e. The highest BCUT2D eigenvalue weighted by Crippen LogP contribution is 2.25. The number of rotatable bonds is 5. The smallest absolute Gasteiger partial charge is 0.268 e. The summed E-state index contributed by atoms with van der Waals surface area (Å²) in [5.41, 5.74) is 2.16. The summed E-state index contributed by atoms with van der Waals surface area (Å²) in [4.78, 5) is 6.20. The van der Waals surface area contributed by atoms with Gasteiger partial charge in [-0.25, -0.2) is 13.4 Å². The van der Waals surface area contributed by atoms with E-state index in [1.165, 1.54) is 0 Å². The van der Waals surface area contributed by atoms with Gasteiger partial charge in [0.1, 0.15) is 11.5 Å². The molecule has 0 bridgehead atoms. The number of para-hydroxylation sites is 1. The molecule has 2 heterocycles. The Labute approximate surface area is 146 Å². The van der Waals surface area contributed by atoms with Crippen molar-refractivity contribution in [1.82, 2.24) is 10.1 Å². The number of benzene rings is 1. The second-order valence-corrected chi connectivity index (χ2v) is 7.17. The first-order valence-corrected chi connectivity index (χ1v) is 9.07. The summed E-state index contributed by atoms with van der Waals surface area (Å²) in [6.07, 6.45) is 1.61. The fourth-order valence-electron chi connectivity index (χ4n) is 2.49. The van der Waals surface area contributed by atoms with Gasteiger partial charge in [-0.3, -0.25) is 4.72 Å². The van der Waals surface area contributed by atoms with E-state index >= 15 is 0 Å². The van der Waals surface area contributed by atoms with Gasteiger partial charge in [0, 0.05) is 12.7 Å². The number of aryl methyl sites for hydroxylation is 2. The van der Waals surface area contributed by atoms with Crippen molar-refractivity contribution in [2.45, 2.75) is 18.7 Å². The van der Waals surface area contributed by atoms with Crippen LogP contribution in [0.3, 0.4) is 0 Å². The Morgan fingerprint density at radius 2 is 1.76 bits per heavy atom. The third-order valence-corrected chi connectivity index (χ3v) is 5.35. The number of hydrogen-bond acceptors (Lipinski definition) is 6. The molecule has 0 aliphatic carbocycles. The summed E-state index contributed by atoms with van der Waals surface area (Å²) in [7, 11) is -1.88. The van der Waals surface area contributed by atoms with Gasteiger partial charge in [-0.2, -0.15) is 0 Å². The molecule has 0 fully saturated rings. The quantitative estimate of drug-likeness (QED) is 0.753. The number of sulfonamides is 1. The van der Waals surface area contributed by atoms with E-state index in [4.69, 9.17) is 4.52 Å². The van der Waals surface area contributed by atoms with Gasteiger partial charge in [0.2, 0.25) is 0 Å². The molecule has 3 rings (SSSR count). The molecule has 8 heteroatoms. The molecule has 25 heavy (non-hydrogen) atoms. The van der Waals surface area contributed by atoms with Gasteiger partial charge in [-0.15, -0.1) is 0 Å². The van der Waals surface area contributed by atoms with Crippen LogP contribution in [0.25, 0.3) is 0 Å². The predicted octanol–water partition coefficient (Wildman–Crippen LogP) is 3.26. The fourth-order valence-corrected chi connectivity index (χ4v) is 3.83. The van der Waals surface area contributed by atoms with Crippen LogP contribution in [0.15, 0.2) is 58.1 Å². The van der Waals surface area contributed by atoms with E-state index in [-0.39, 0.29) is 16.5 Å². The van der Waals surface area contributed by atoms with Crippen LogP contribution in [0.1, 0.15) is 11.5 Å². The minimum absolute atomic E-state index is 0.0415. The lowest BCUT2D eigenvalue weighted by Gasteiger charge is -2.19. The molecule has 0 saturated carbocycles. The minimum Gasteiger partial charge on any atom is -0.360 e. The number of nitrogens with one attached hydrogen (secondary N) is 1. The monoisotopic (exact) mass is 358 g/mol.